The van der Waals surface area contributed by atoms with Gasteiger partial charge in [-0.2, -0.15) is 0 Å². The van der Waals surface area contributed by atoms with Crippen LogP contribution >= 0.6 is 0 Å². The molecule has 1 aromatic heterocycles. The summed E-state index contributed by atoms with van der Waals surface area (Å²) in [6.45, 7) is 5.60. The van der Waals surface area contributed by atoms with Crippen molar-refractivity contribution < 1.29 is 19.3 Å². The Hall–Kier alpha value is -2.19. The van der Waals surface area contributed by atoms with E-state index in [2.05, 4.69) is 15.2 Å². The zero-order valence-electron chi connectivity index (χ0n) is 17.0. The molecule has 0 radical (unpaired) electrons. The summed E-state index contributed by atoms with van der Waals surface area (Å²) in [5.74, 6) is 1.33. The van der Waals surface area contributed by atoms with Gasteiger partial charge in [0.25, 0.3) is 0 Å². The van der Waals surface area contributed by atoms with E-state index >= 15 is 0 Å². The van der Waals surface area contributed by atoms with E-state index in [9.17, 15) is 5.11 Å². The minimum Gasteiger partial charge on any atom is -0.493 e. The fourth-order valence-electron chi connectivity index (χ4n) is 3.28. The molecule has 158 valence electrons. The van der Waals surface area contributed by atoms with Crippen LogP contribution in [0.25, 0.3) is 0 Å². The molecule has 7 nitrogen and oxygen atoms in total. The Morgan fingerprint density at radius 1 is 1.14 bits per heavy atom. The minimum atomic E-state index is -0.549. The number of aliphatic hydroxyl groups is 1. The van der Waals surface area contributed by atoms with Gasteiger partial charge < -0.3 is 24.6 Å². The molecular formula is C22H31N3O4. The Morgan fingerprint density at radius 2 is 1.93 bits per heavy atom. The predicted molar refractivity (Wildman–Crippen MR) is 111 cm³/mol. The first-order valence-corrected chi connectivity index (χ1v) is 10.1. The Kier molecular flexibility index (Phi) is 8.70. The van der Waals surface area contributed by atoms with E-state index in [-0.39, 0.29) is 6.61 Å². The van der Waals surface area contributed by atoms with Crippen molar-refractivity contribution in [2.45, 2.75) is 19.1 Å². The third-order valence-corrected chi connectivity index (χ3v) is 4.90. The van der Waals surface area contributed by atoms with Gasteiger partial charge in [0.2, 0.25) is 0 Å². The number of nitrogens with zero attached hydrogens (tertiary/aromatic N) is 2. The average Bonchev–Trinajstić information content (AvgIpc) is 2.77. The molecule has 2 heterocycles. The topological polar surface area (TPSA) is 76.1 Å². The second-order valence-corrected chi connectivity index (χ2v) is 7.15. The van der Waals surface area contributed by atoms with Crippen LogP contribution in [0.1, 0.15) is 11.1 Å². The number of benzene rings is 1. The molecule has 1 unspecified atom stereocenters. The molecule has 0 amide bonds. The number of morpholine rings is 1. The summed E-state index contributed by atoms with van der Waals surface area (Å²) in [6.07, 6.45) is 4.04. The lowest BCUT2D eigenvalue weighted by atomic mass is 10.1. The summed E-state index contributed by atoms with van der Waals surface area (Å²) >= 11 is 0. The number of ether oxygens (including phenoxy) is 3. The number of aliphatic hydroxyl groups excluding tert-OH is 1. The molecule has 3 rings (SSSR count). The molecule has 0 aliphatic carbocycles. The fraction of sp³-hybridized carbons (Fsp3) is 0.500. The number of rotatable bonds is 11. The van der Waals surface area contributed by atoms with E-state index < -0.39 is 6.10 Å². The van der Waals surface area contributed by atoms with Gasteiger partial charge in [-0.1, -0.05) is 6.07 Å². The molecule has 1 saturated heterocycles. The number of aromatic nitrogens is 1. The lowest BCUT2D eigenvalue weighted by molar-refractivity contribution is 0.00445. The quantitative estimate of drug-likeness (QED) is 0.553. The highest BCUT2D eigenvalue weighted by molar-refractivity contribution is 5.43. The van der Waals surface area contributed by atoms with Gasteiger partial charge in [-0.3, -0.25) is 9.88 Å². The first-order valence-electron chi connectivity index (χ1n) is 10.1. The van der Waals surface area contributed by atoms with Gasteiger partial charge in [-0.05, 0) is 48.4 Å². The normalized spacial score (nSPS) is 15.8. The standard InChI is InChI=1S/C22H31N3O4/c1-27-22-14-19(15-24-9-6-18-4-7-23-8-5-18)2-3-21(22)29-17-20(26)16-25-10-12-28-13-11-25/h2-5,7-8,14,20,24,26H,6,9-13,15-17H2,1H3. The minimum absolute atomic E-state index is 0.233. The maximum Gasteiger partial charge on any atom is 0.161 e. The highest BCUT2D eigenvalue weighted by atomic mass is 16.5. The van der Waals surface area contributed by atoms with Crippen molar-refractivity contribution in [1.82, 2.24) is 15.2 Å². The van der Waals surface area contributed by atoms with Gasteiger partial charge in [0, 0.05) is 38.6 Å². The second-order valence-electron chi connectivity index (χ2n) is 7.15. The molecule has 0 spiro atoms. The predicted octanol–water partition coefficient (Wildman–Crippen LogP) is 1.49. The van der Waals surface area contributed by atoms with E-state index in [1.54, 1.807) is 7.11 Å². The third kappa shape index (κ3) is 7.29. The van der Waals surface area contributed by atoms with Gasteiger partial charge in [0.05, 0.1) is 20.3 Å². The molecule has 29 heavy (non-hydrogen) atoms. The SMILES string of the molecule is COc1cc(CNCCc2ccncc2)ccc1OCC(O)CN1CCOCC1. The van der Waals surface area contributed by atoms with Crippen molar-refractivity contribution in [3.8, 4) is 11.5 Å². The van der Waals surface area contributed by atoms with E-state index in [4.69, 9.17) is 14.2 Å². The van der Waals surface area contributed by atoms with Gasteiger partial charge in [0.15, 0.2) is 11.5 Å². The van der Waals surface area contributed by atoms with Crippen LogP contribution in [0, 0.1) is 0 Å². The van der Waals surface area contributed by atoms with Crippen LogP contribution in [0.15, 0.2) is 42.7 Å². The van der Waals surface area contributed by atoms with E-state index in [0.29, 0.717) is 18.0 Å². The Morgan fingerprint density at radius 3 is 2.69 bits per heavy atom. The third-order valence-electron chi connectivity index (χ3n) is 4.90. The van der Waals surface area contributed by atoms with Gasteiger partial charge >= 0.3 is 0 Å². The average molecular weight is 402 g/mol. The van der Waals surface area contributed by atoms with Crippen LogP contribution in [-0.4, -0.2) is 74.2 Å². The Balaban J connectivity index is 1.42. The zero-order valence-corrected chi connectivity index (χ0v) is 17.0. The number of methoxy groups -OCH3 is 1. The van der Waals surface area contributed by atoms with E-state index in [1.165, 1.54) is 5.56 Å². The molecule has 1 atom stereocenters. The first kappa shape index (κ1) is 21.5. The van der Waals surface area contributed by atoms with Gasteiger partial charge in [-0.15, -0.1) is 0 Å². The number of nitrogens with one attached hydrogen (secondary N) is 1. The van der Waals surface area contributed by atoms with Crippen molar-refractivity contribution in [2.24, 2.45) is 0 Å². The summed E-state index contributed by atoms with van der Waals surface area (Å²) in [4.78, 5) is 6.22. The summed E-state index contributed by atoms with van der Waals surface area (Å²) in [6, 6.07) is 9.96. The summed E-state index contributed by atoms with van der Waals surface area (Å²) in [7, 11) is 1.63. The van der Waals surface area contributed by atoms with Gasteiger partial charge in [-0.25, -0.2) is 0 Å². The molecule has 2 N–H and O–H groups in total. The van der Waals surface area contributed by atoms with Crippen LogP contribution in [-0.2, 0) is 17.7 Å². The highest BCUT2D eigenvalue weighted by Gasteiger charge is 2.16. The molecule has 2 aromatic rings. The van der Waals surface area contributed by atoms with Crippen LogP contribution in [0.2, 0.25) is 0 Å². The summed E-state index contributed by atoms with van der Waals surface area (Å²) < 4.78 is 16.6. The monoisotopic (exact) mass is 401 g/mol. The summed E-state index contributed by atoms with van der Waals surface area (Å²) in [5, 5.41) is 13.7. The fourth-order valence-corrected chi connectivity index (χ4v) is 3.28. The van der Waals surface area contributed by atoms with Crippen molar-refractivity contribution in [1.29, 1.82) is 0 Å². The maximum atomic E-state index is 10.3. The molecule has 0 saturated carbocycles. The Bertz CT molecular complexity index is 723. The van der Waals surface area contributed by atoms with Crippen LogP contribution in [0.4, 0.5) is 0 Å². The number of hydrogen-bond donors (Lipinski definition) is 2. The first-order chi connectivity index (χ1) is 14.2. The van der Waals surface area contributed by atoms with Crippen LogP contribution < -0.4 is 14.8 Å². The van der Waals surface area contributed by atoms with E-state index in [1.807, 2.05) is 42.7 Å². The van der Waals surface area contributed by atoms with Crippen LogP contribution in [0.5, 0.6) is 11.5 Å². The molecular weight excluding hydrogens is 370 g/mol. The zero-order chi connectivity index (χ0) is 20.3. The van der Waals surface area contributed by atoms with Crippen LogP contribution in [0.3, 0.4) is 0 Å². The van der Waals surface area contributed by atoms with Crippen molar-refractivity contribution in [3.05, 3.63) is 53.9 Å². The van der Waals surface area contributed by atoms with Crippen molar-refractivity contribution >= 4 is 0 Å². The molecule has 1 aliphatic heterocycles. The number of hydrogen-bond acceptors (Lipinski definition) is 7. The number of pyridine rings is 1. The van der Waals surface area contributed by atoms with E-state index in [0.717, 1.165) is 51.4 Å². The Labute approximate surface area is 172 Å². The lowest BCUT2D eigenvalue weighted by Gasteiger charge is -2.28. The molecule has 1 aliphatic rings. The molecule has 7 heteroatoms. The van der Waals surface area contributed by atoms with Crippen molar-refractivity contribution in [2.75, 3.05) is 53.1 Å². The molecule has 0 bridgehead atoms. The summed E-state index contributed by atoms with van der Waals surface area (Å²) in [5.41, 5.74) is 2.39. The maximum absolute atomic E-state index is 10.3. The lowest BCUT2D eigenvalue weighted by Crippen LogP contribution is -2.42. The van der Waals surface area contributed by atoms with Crippen molar-refractivity contribution in [3.63, 3.8) is 0 Å². The van der Waals surface area contributed by atoms with Gasteiger partial charge in [0.1, 0.15) is 12.7 Å². The highest BCUT2D eigenvalue weighted by Crippen LogP contribution is 2.28. The molecule has 1 aromatic carbocycles. The largest absolute Gasteiger partial charge is 0.493 e. The second kappa shape index (κ2) is 11.7. The smallest absolute Gasteiger partial charge is 0.161 e. The number of β-amino-alcohol motifs (C(OH)–C–C–N with tert-alkyl or cyclic N) is 1. The molecule has 1 fully saturated rings.